The summed E-state index contributed by atoms with van der Waals surface area (Å²) in [6.07, 6.45) is 3.09. The average Bonchev–Trinajstić information content (AvgIpc) is 3.60. The first-order valence-electron chi connectivity index (χ1n) is 17.8. The van der Waals surface area contributed by atoms with Gasteiger partial charge in [-0.2, -0.15) is 0 Å². The van der Waals surface area contributed by atoms with Gasteiger partial charge in [-0.1, -0.05) is 79.3 Å². The predicted octanol–water partition coefficient (Wildman–Crippen LogP) is 7.66. The molecule has 1 aliphatic heterocycles. The van der Waals surface area contributed by atoms with E-state index in [2.05, 4.69) is 93.8 Å². The molecule has 3 N–H and O–H groups in total. The number of rotatable bonds is 12. The molecule has 1 saturated heterocycles. The third kappa shape index (κ3) is 16.1. The molecule has 1 fully saturated rings. The van der Waals surface area contributed by atoms with Gasteiger partial charge in [-0.05, 0) is 95.3 Å². The number of piperidine rings is 1. The SMILES string of the molecule is CC(C)(C)OC=O.CCc1ccccc1.CNCC(=O)Nc1cccc(-c2csc(SCC(=O)NC3CCN(Cc4ccc(C)c(C)c4)CC3)n2)c1. The molecule has 280 valence electrons. The molecule has 11 heteroatoms. The normalized spacial score (nSPS) is 13.1. The number of aryl methyl sites for hydroxylation is 3. The molecule has 0 radical (unpaired) electrons. The number of nitrogens with one attached hydrogen (secondary N) is 3. The number of nitrogens with zero attached hydrogens (tertiary/aromatic N) is 2. The number of benzene rings is 3. The first-order valence-corrected chi connectivity index (χ1v) is 19.6. The minimum atomic E-state index is -0.318. The standard InChI is InChI=1S/C28H35N5O2S2.C8H10.C5H10O2/c1-19-7-8-21(13-20(19)2)16-33-11-9-23(10-12-33)30-27(35)18-37-28-32-25(17-36-28)22-5-4-6-24(14-22)31-26(34)15-29-3;1-2-8-6-4-3-5-7-8;1-5(2,3)7-4-6/h4-8,13-14,17,23,29H,9-12,15-16,18H2,1-3H3,(H,30,35)(H,31,34);3-7H,2H2,1H3;4H,1-3H3. The van der Waals surface area contributed by atoms with Gasteiger partial charge in [-0.3, -0.25) is 19.3 Å². The molecule has 52 heavy (non-hydrogen) atoms. The number of thiazole rings is 1. The molecular formula is C41H55N5O4S2. The Morgan fingerprint density at radius 3 is 2.29 bits per heavy atom. The van der Waals surface area contributed by atoms with E-state index in [1.807, 2.05) is 56.5 Å². The maximum atomic E-state index is 12.6. The number of hydrogen-bond donors (Lipinski definition) is 3. The van der Waals surface area contributed by atoms with Crippen LogP contribution in [0.5, 0.6) is 0 Å². The molecule has 0 atom stereocenters. The van der Waals surface area contributed by atoms with Crippen LogP contribution in [0.25, 0.3) is 11.3 Å². The van der Waals surface area contributed by atoms with Gasteiger partial charge in [-0.25, -0.2) is 4.98 Å². The summed E-state index contributed by atoms with van der Waals surface area (Å²) in [7, 11) is 1.74. The Hall–Kier alpha value is -4.03. The van der Waals surface area contributed by atoms with Crippen LogP contribution in [0.1, 0.15) is 62.8 Å². The van der Waals surface area contributed by atoms with Gasteiger partial charge in [-0.15, -0.1) is 11.3 Å². The van der Waals surface area contributed by atoms with Crippen molar-refractivity contribution >= 4 is 47.1 Å². The second kappa shape index (κ2) is 22.1. The number of amides is 2. The number of carbonyl (C=O) groups excluding carboxylic acids is 3. The van der Waals surface area contributed by atoms with Crippen molar-refractivity contribution in [2.24, 2.45) is 0 Å². The summed E-state index contributed by atoms with van der Waals surface area (Å²) in [4.78, 5) is 41.2. The van der Waals surface area contributed by atoms with Crippen LogP contribution in [0, 0.1) is 13.8 Å². The van der Waals surface area contributed by atoms with Crippen molar-refractivity contribution in [3.63, 3.8) is 0 Å². The van der Waals surface area contributed by atoms with E-state index in [4.69, 9.17) is 0 Å². The third-order valence-electron chi connectivity index (χ3n) is 8.17. The first kappa shape index (κ1) is 42.4. The Bertz CT molecular complexity index is 1680. The van der Waals surface area contributed by atoms with Gasteiger partial charge >= 0.3 is 0 Å². The molecule has 1 aliphatic rings. The number of likely N-dealkylation sites (tertiary alicyclic amines) is 1. The Labute approximate surface area is 318 Å². The van der Waals surface area contributed by atoms with Crippen LogP contribution in [0.3, 0.4) is 0 Å². The molecule has 4 aromatic rings. The minimum Gasteiger partial charge on any atom is -0.462 e. The lowest BCUT2D eigenvalue weighted by Crippen LogP contribution is -2.44. The van der Waals surface area contributed by atoms with E-state index in [1.165, 1.54) is 45.4 Å². The molecule has 1 aromatic heterocycles. The van der Waals surface area contributed by atoms with Gasteiger partial charge < -0.3 is 20.7 Å². The van der Waals surface area contributed by atoms with Crippen LogP contribution in [0.15, 0.2) is 82.5 Å². The summed E-state index contributed by atoms with van der Waals surface area (Å²) in [5, 5.41) is 10.9. The monoisotopic (exact) mass is 745 g/mol. The molecule has 0 bridgehead atoms. The highest BCUT2D eigenvalue weighted by atomic mass is 32.2. The number of thioether (sulfide) groups is 1. The van der Waals surface area contributed by atoms with Crippen LogP contribution < -0.4 is 16.0 Å². The molecule has 5 rings (SSSR count). The lowest BCUT2D eigenvalue weighted by molar-refractivity contribution is -0.138. The fourth-order valence-electron chi connectivity index (χ4n) is 5.23. The Morgan fingerprint density at radius 1 is 0.962 bits per heavy atom. The van der Waals surface area contributed by atoms with E-state index in [-0.39, 0.29) is 30.0 Å². The summed E-state index contributed by atoms with van der Waals surface area (Å²) in [6, 6.07) is 25.0. The van der Waals surface area contributed by atoms with Gasteiger partial charge in [0.1, 0.15) is 5.60 Å². The summed E-state index contributed by atoms with van der Waals surface area (Å²) in [6.45, 7) is 15.6. The van der Waals surface area contributed by atoms with Crippen LogP contribution >= 0.6 is 23.1 Å². The quantitative estimate of drug-likeness (QED) is 0.100. The van der Waals surface area contributed by atoms with Gasteiger partial charge in [0.15, 0.2) is 4.34 Å². The fraction of sp³-hybridized carbons (Fsp3) is 0.415. The van der Waals surface area contributed by atoms with Crippen LogP contribution in [-0.4, -0.2) is 72.2 Å². The van der Waals surface area contributed by atoms with Crippen molar-refractivity contribution in [2.75, 3.05) is 37.8 Å². The smallest absolute Gasteiger partial charge is 0.293 e. The van der Waals surface area contributed by atoms with Crippen LogP contribution in [-0.2, 0) is 32.1 Å². The number of likely N-dealkylation sites (N-methyl/N-ethyl adjacent to an activating group) is 1. The highest BCUT2D eigenvalue weighted by Crippen LogP contribution is 2.29. The lowest BCUT2D eigenvalue weighted by atomic mass is 10.0. The summed E-state index contributed by atoms with van der Waals surface area (Å²) >= 11 is 3.00. The van der Waals surface area contributed by atoms with Crippen molar-refractivity contribution in [1.82, 2.24) is 20.5 Å². The van der Waals surface area contributed by atoms with Gasteiger partial charge in [0.2, 0.25) is 11.8 Å². The molecule has 9 nitrogen and oxygen atoms in total. The zero-order valence-corrected chi connectivity index (χ0v) is 33.3. The predicted molar refractivity (Wildman–Crippen MR) is 216 cm³/mol. The summed E-state index contributed by atoms with van der Waals surface area (Å²) in [5.74, 6) is 0.325. The van der Waals surface area contributed by atoms with Gasteiger partial charge in [0.25, 0.3) is 6.47 Å². The third-order valence-corrected chi connectivity index (χ3v) is 10.2. The largest absolute Gasteiger partial charge is 0.462 e. The fourth-order valence-corrected chi connectivity index (χ4v) is 6.87. The number of hydrogen-bond acceptors (Lipinski definition) is 9. The van der Waals surface area contributed by atoms with Crippen LogP contribution in [0.4, 0.5) is 5.69 Å². The van der Waals surface area contributed by atoms with E-state index in [1.54, 1.807) is 7.05 Å². The minimum absolute atomic E-state index is 0.0589. The summed E-state index contributed by atoms with van der Waals surface area (Å²) in [5.41, 5.74) is 7.63. The van der Waals surface area contributed by atoms with Gasteiger partial charge in [0, 0.05) is 42.3 Å². The second-order valence-corrected chi connectivity index (χ2v) is 15.7. The Kier molecular flexibility index (Phi) is 18.0. The highest BCUT2D eigenvalue weighted by Gasteiger charge is 2.21. The van der Waals surface area contributed by atoms with Crippen LogP contribution in [0.2, 0.25) is 0 Å². The zero-order chi connectivity index (χ0) is 37.9. The van der Waals surface area contributed by atoms with Gasteiger partial charge in [0.05, 0.1) is 18.0 Å². The lowest BCUT2D eigenvalue weighted by Gasteiger charge is -2.32. The Morgan fingerprint density at radius 2 is 1.69 bits per heavy atom. The van der Waals surface area contributed by atoms with E-state index in [0.717, 1.165) is 60.2 Å². The molecule has 2 amide bonds. The molecule has 0 saturated carbocycles. The maximum Gasteiger partial charge on any atom is 0.293 e. The molecule has 3 aromatic carbocycles. The molecule has 0 unspecified atom stereocenters. The van der Waals surface area contributed by atoms with E-state index in [9.17, 15) is 14.4 Å². The first-order chi connectivity index (χ1) is 24.9. The molecule has 2 heterocycles. The molecular weight excluding hydrogens is 691 g/mol. The summed E-state index contributed by atoms with van der Waals surface area (Å²) < 4.78 is 5.41. The van der Waals surface area contributed by atoms with Crippen molar-refractivity contribution in [3.8, 4) is 11.3 Å². The average molecular weight is 746 g/mol. The maximum absolute atomic E-state index is 12.6. The molecule has 0 aliphatic carbocycles. The van der Waals surface area contributed by atoms with E-state index < -0.39 is 0 Å². The number of carbonyl (C=O) groups is 3. The van der Waals surface area contributed by atoms with Crippen molar-refractivity contribution in [1.29, 1.82) is 0 Å². The molecule has 0 spiro atoms. The van der Waals surface area contributed by atoms with Crippen molar-refractivity contribution < 1.29 is 19.1 Å². The second-order valence-electron chi connectivity index (χ2n) is 13.6. The van der Waals surface area contributed by atoms with Crippen molar-refractivity contribution in [3.05, 3.63) is 100 Å². The van der Waals surface area contributed by atoms with E-state index >= 15 is 0 Å². The number of anilines is 1. The highest BCUT2D eigenvalue weighted by molar-refractivity contribution is 8.01. The van der Waals surface area contributed by atoms with Crippen molar-refractivity contribution in [2.45, 2.75) is 83.3 Å². The number of aromatic nitrogens is 1. The topological polar surface area (TPSA) is 113 Å². The Balaban J connectivity index is 0.000000403. The number of ether oxygens (including phenoxy) is 1. The zero-order valence-electron chi connectivity index (χ0n) is 31.7. The van der Waals surface area contributed by atoms with E-state index in [0.29, 0.717) is 12.2 Å².